The molecule has 1 aromatic rings. The standard InChI is InChI=1S/C12H19BO5/c1-4-16-5-6-17-11-7-9(2)12(10(3)8-11)18-13(14)15/h7-8,14-15H,4-6H2,1-3H3. The van der Waals surface area contributed by atoms with Gasteiger partial charge in [0.15, 0.2) is 0 Å². The Kier molecular flexibility index (Phi) is 5.98. The molecule has 0 amide bonds. The lowest BCUT2D eigenvalue weighted by atomic mass is 10.1. The van der Waals surface area contributed by atoms with Gasteiger partial charge in [-0.1, -0.05) is 0 Å². The zero-order valence-electron chi connectivity index (χ0n) is 11.0. The van der Waals surface area contributed by atoms with Crippen molar-refractivity contribution in [2.24, 2.45) is 0 Å². The van der Waals surface area contributed by atoms with Crippen LogP contribution in [0.1, 0.15) is 18.1 Å². The van der Waals surface area contributed by atoms with Gasteiger partial charge in [-0.2, -0.15) is 0 Å². The first kappa shape index (κ1) is 14.8. The van der Waals surface area contributed by atoms with Crippen LogP contribution >= 0.6 is 0 Å². The lowest BCUT2D eigenvalue weighted by Crippen LogP contribution is -2.21. The Morgan fingerprint density at radius 3 is 2.22 bits per heavy atom. The van der Waals surface area contributed by atoms with E-state index in [-0.39, 0.29) is 0 Å². The Labute approximate surface area is 107 Å². The van der Waals surface area contributed by atoms with Gasteiger partial charge in [0.1, 0.15) is 18.1 Å². The van der Waals surface area contributed by atoms with Gasteiger partial charge >= 0.3 is 7.32 Å². The van der Waals surface area contributed by atoms with Crippen LogP contribution in [0.5, 0.6) is 11.5 Å². The van der Waals surface area contributed by atoms with Gasteiger partial charge in [-0.05, 0) is 44.0 Å². The lowest BCUT2D eigenvalue weighted by molar-refractivity contribution is 0.110. The van der Waals surface area contributed by atoms with Crippen molar-refractivity contribution in [3.8, 4) is 11.5 Å². The predicted molar refractivity (Wildman–Crippen MR) is 68.7 cm³/mol. The fourth-order valence-corrected chi connectivity index (χ4v) is 1.65. The van der Waals surface area contributed by atoms with Crippen LogP contribution < -0.4 is 9.39 Å². The van der Waals surface area contributed by atoms with E-state index in [2.05, 4.69) is 0 Å². The molecule has 0 heterocycles. The molecule has 0 fully saturated rings. The fraction of sp³-hybridized carbons (Fsp3) is 0.500. The van der Waals surface area contributed by atoms with Gasteiger partial charge in [-0.15, -0.1) is 0 Å². The maximum atomic E-state index is 8.81. The van der Waals surface area contributed by atoms with Crippen molar-refractivity contribution in [1.82, 2.24) is 0 Å². The number of hydrogen-bond acceptors (Lipinski definition) is 5. The van der Waals surface area contributed by atoms with E-state index in [1.54, 1.807) is 12.1 Å². The van der Waals surface area contributed by atoms with Crippen molar-refractivity contribution >= 4 is 7.32 Å². The highest BCUT2D eigenvalue weighted by molar-refractivity contribution is 6.33. The first-order chi connectivity index (χ1) is 8.54. The van der Waals surface area contributed by atoms with Crippen LogP contribution in [0.3, 0.4) is 0 Å². The monoisotopic (exact) mass is 254 g/mol. The molecule has 0 saturated heterocycles. The van der Waals surface area contributed by atoms with Gasteiger partial charge in [0.2, 0.25) is 0 Å². The molecule has 0 aliphatic carbocycles. The molecule has 0 atom stereocenters. The van der Waals surface area contributed by atoms with Crippen molar-refractivity contribution in [2.75, 3.05) is 19.8 Å². The maximum absolute atomic E-state index is 8.81. The average Bonchev–Trinajstić information content (AvgIpc) is 2.29. The fourth-order valence-electron chi connectivity index (χ4n) is 1.65. The summed E-state index contributed by atoms with van der Waals surface area (Å²) < 4.78 is 15.6. The summed E-state index contributed by atoms with van der Waals surface area (Å²) in [6.07, 6.45) is 0. The van der Waals surface area contributed by atoms with Gasteiger partial charge < -0.3 is 24.2 Å². The summed E-state index contributed by atoms with van der Waals surface area (Å²) in [5, 5.41) is 17.6. The smallest absolute Gasteiger partial charge is 0.512 e. The summed E-state index contributed by atoms with van der Waals surface area (Å²) in [7, 11) is -1.81. The van der Waals surface area contributed by atoms with Crippen LogP contribution in [0.2, 0.25) is 0 Å². The minimum atomic E-state index is -1.81. The third-order valence-corrected chi connectivity index (χ3v) is 2.36. The number of aryl methyl sites for hydroxylation is 2. The predicted octanol–water partition coefficient (Wildman–Crippen LogP) is 1.07. The normalized spacial score (nSPS) is 10.3. The summed E-state index contributed by atoms with van der Waals surface area (Å²) in [5.74, 6) is 1.17. The minimum Gasteiger partial charge on any atom is -0.512 e. The molecule has 0 radical (unpaired) electrons. The third-order valence-electron chi connectivity index (χ3n) is 2.36. The molecule has 0 bridgehead atoms. The Hall–Kier alpha value is -1.24. The zero-order valence-corrected chi connectivity index (χ0v) is 11.0. The van der Waals surface area contributed by atoms with Gasteiger partial charge in [-0.3, -0.25) is 0 Å². The summed E-state index contributed by atoms with van der Waals surface area (Å²) in [6, 6.07) is 3.58. The SMILES string of the molecule is CCOCCOc1cc(C)c(OB(O)O)c(C)c1. The Bertz CT molecular complexity index is 358. The summed E-state index contributed by atoms with van der Waals surface area (Å²) in [6.45, 7) is 7.27. The van der Waals surface area contributed by atoms with E-state index in [9.17, 15) is 0 Å². The molecule has 100 valence electrons. The molecule has 0 spiro atoms. The molecule has 0 saturated carbocycles. The van der Waals surface area contributed by atoms with Crippen LogP contribution in [0.25, 0.3) is 0 Å². The number of rotatable bonds is 7. The van der Waals surface area contributed by atoms with Crippen molar-refractivity contribution in [3.63, 3.8) is 0 Å². The van der Waals surface area contributed by atoms with Crippen LogP contribution in [0.15, 0.2) is 12.1 Å². The number of ether oxygens (including phenoxy) is 2. The quantitative estimate of drug-likeness (QED) is 0.562. The molecule has 6 heteroatoms. The maximum Gasteiger partial charge on any atom is 0.707 e. The Morgan fingerprint density at radius 1 is 1.11 bits per heavy atom. The molecular formula is C12H19BO5. The second-order valence-corrected chi connectivity index (χ2v) is 3.88. The molecule has 18 heavy (non-hydrogen) atoms. The van der Waals surface area contributed by atoms with Crippen LogP contribution in [-0.4, -0.2) is 37.2 Å². The molecule has 5 nitrogen and oxygen atoms in total. The number of hydrogen-bond donors (Lipinski definition) is 2. The van der Waals surface area contributed by atoms with Crippen molar-refractivity contribution in [1.29, 1.82) is 0 Å². The summed E-state index contributed by atoms with van der Waals surface area (Å²) in [4.78, 5) is 0. The molecule has 0 aliphatic heterocycles. The second-order valence-electron chi connectivity index (χ2n) is 3.88. The van der Waals surface area contributed by atoms with Gasteiger partial charge in [0.05, 0.1) is 6.61 Å². The highest BCUT2D eigenvalue weighted by Crippen LogP contribution is 2.28. The van der Waals surface area contributed by atoms with Crippen LogP contribution in [0, 0.1) is 13.8 Å². The minimum absolute atomic E-state index is 0.460. The lowest BCUT2D eigenvalue weighted by Gasteiger charge is -2.14. The third kappa shape index (κ3) is 4.56. The van der Waals surface area contributed by atoms with Gasteiger partial charge in [-0.25, -0.2) is 0 Å². The van der Waals surface area contributed by atoms with Gasteiger partial charge in [0, 0.05) is 6.61 Å². The van der Waals surface area contributed by atoms with E-state index < -0.39 is 7.32 Å². The van der Waals surface area contributed by atoms with Crippen molar-refractivity contribution < 1.29 is 24.2 Å². The molecule has 0 aliphatic rings. The van der Waals surface area contributed by atoms with E-state index in [1.807, 2.05) is 20.8 Å². The van der Waals surface area contributed by atoms with E-state index in [0.717, 1.165) is 11.1 Å². The molecule has 0 aromatic heterocycles. The van der Waals surface area contributed by atoms with E-state index >= 15 is 0 Å². The largest absolute Gasteiger partial charge is 0.707 e. The average molecular weight is 254 g/mol. The van der Waals surface area contributed by atoms with Gasteiger partial charge in [0.25, 0.3) is 0 Å². The Balaban J connectivity index is 2.67. The van der Waals surface area contributed by atoms with Crippen LogP contribution in [0.4, 0.5) is 0 Å². The summed E-state index contributed by atoms with van der Waals surface area (Å²) >= 11 is 0. The molecule has 1 rings (SSSR count). The molecule has 1 aromatic carbocycles. The Morgan fingerprint density at radius 2 is 1.72 bits per heavy atom. The van der Waals surface area contributed by atoms with Crippen LogP contribution in [-0.2, 0) is 4.74 Å². The molecular weight excluding hydrogens is 235 g/mol. The van der Waals surface area contributed by atoms with Crippen molar-refractivity contribution in [3.05, 3.63) is 23.3 Å². The molecule has 2 N–H and O–H groups in total. The van der Waals surface area contributed by atoms with E-state index in [1.165, 1.54) is 0 Å². The highest BCUT2D eigenvalue weighted by Gasteiger charge is 2.15. The molecule has 0 unspecified atom stereocenters. The highest BCUT2D eigenvalue weighted by atomic mass is 16.6. The first-order valence-electron chi connectivity index (χ1n) is 5.89. The van der Waals surface area contributed by atoms with E-state index in [4.69, 9.17) is 24.2 Å². The van der Waals surface area contributed by atoms with Crippen molar-refractivity contribution in [2.45, 2.75) is 20.8 Å². The second kappa shape index (κ2) is 7.26. The van der Waals surface area contributed by atoms with E-state index in [0.29, 0.717) is 31.3 Å². The topological polar surface area (TPSA) is 68.2 Å². The number of benzene rings is 1. The first-order valence-corrected chi connectivity index (χ1v) is 5.89. The summed E-state index contributed by atoms with van der Waals surface area (Å²) in [5.41, 5.74) is 1.57. The zero-order chi connectivity index (χ0) is 13.5.